The predicted octanol–water partition coefficient (Wildman–Crippen LogP) is 5.39. The Morgan fingerprint density at radius 1 is 1.06 bits per heavy atom. The molecule has 3 aromatic carbocycles. The zero-order valence-electron chi connectivity index (χ0n) is 19.5. The number of anilines is 2. The van der Waals surface area contributed by atoms with Gasteiger partial charge in [0, 0.05) is 5.69 Å². The second-order valence-electron chi connectivity index (χ2n) is 8.20. The van der Waals surface area contributed by atoms with E-state index in [-0.39, 0.29) is 18.3 Å². The van der Waals surface area contributed by atoms with E-state index >= 15 is 0 Å². The van der Waals surface area contributed by atoms with Gasteiger partial charge in [-0.05, 0) is 55.0 Å². The summed E-state index contributed by atoms with van der Waals surface area (Å²) < 4.78 is 50.3. The first kappa shape index (κ1) is 24.9. The average Bonchev–Trinajstić information content (AvgIpc) is 2.87. The Balaban J connectivity index is 1.52. The van der Waals surface area contributed by atoms with Crippen LogP contribution < -0.4 is 25.0 Å². The van der Waals surface area contributed by atoms with Gasteiger partial charge in [-0.25, -0.2) is 4.79 Å². The van der Waals surface area contributed by atoms with Gasteiger partial charge in [-0.15, -0.1) is 0 Å². The van der Waals surface area contributed by atoms with Crippen molar-refractivity contribution < 1.29 is 32.2 Å². The second-order valence-corrected chi connectivity index (χ2v) is 8.20. The monoisotopic (exact) mass is 499 g/mol. The first-order chi connectivity index (χ1) is 17.2. The summed E-state index contributed by atoms with van der Waals surface area (Å²) in [4.78, 5) is 27.5. The zero-order valence-corrected chi connectivity index (χ0v) is 19.5. The molecule has 3 amide bonds. The highest BCUT2D eigenvalue weighted by Gasteiger charge is 2.35. The van der Waals surface area contributed by atoms with Crippen LogP contribution in [-0.4, -0.2) is 31.7 Å². The molecule has 0 spiro atoms. The van der Waals surface area contributed by atoms with Crippen molar-refractivity contribution in [3.63, 3.8) is 0 Å². The maximum atomic E-state index is 13.1. The summed E-state index contributed by atoms with van der Waals surface area (Å²) >= 11 is 0. The molecule has 2 N–H and O–H groups in total. The summed E-state index contributed by atoms with van der Waals surface area (Å²) in [5, 5.41) is 5.37. The number of amides is 3. The zero-order chi connectivity index (χ0) is 25.9. The van der Waals surface area contributed by atoms with Crippen LogP contribution in [-0.2, 0) is 11.0 Å². The van der Waals surface area contributed by atoms with Gasteiger partial charge < -0.3 is 20.1 Å². The fraction of sp³-hybridized carbons (Fsp3) is 0.231. The van der Waals surface area contributed by atoms with Gasteiger partial charge in [-0.3, -0.25) is 9.69 Å². The Labute approximate surface area is 205 Å². The smallest absolute Gasteiger partial charge is 0.416 e. The number of carbonyl (C=O) groups is 2. The van der Waals surface area contributed by atoms with Crippen molar-refractivity contribution >= 4 is 23.3 Å². The lowest BCUT2D eigenvalue weighted by Crippen LogP contribution is -2.52. The average molecular weight is 499 g/mol. The Kier molecular flexibility index (Phi) is 7.05. The van der Waals surface area contributed by atoms with Gasteiger partial charge in [0.2, 0.25) is 0 Å². The van der Waals surface area contributed by atoms with Gasteiger partial charge in [-0.2, -0.15) is 13.2 Å². The van der Waals surface area contributed by atoms with Crippen LogP contribution in [0.2, 0.25) is 0 Å². The Hall–Kier alpha value is -4.21. The van der Waals surface area contributed by atoms with Crippen molar-refractivity contribution in [1.29, 1.82) is 0 Å². The van der Waals surface area contributed by atoms with Crippen LogP contribution in [0.4, 0.5) is 29.3 Å². The third kappa shape index (κ3) is 5.54. The third-order valence-corrected chi connectivity index (χ3v) is 5.70. The van der Waals surface area contributed by atoms with Gasteiger partial charge in [-0.1, -0.05) is 30.3 Å². The molecule has 1 heterocycles. The number of nitrogens with zero attached hydrogens (tertiary/aromatic N) is 1. The molecule has 4 rings (SSSR count). The highest BCUT2D eigenvalue weighted by atomic mass is 19.4. The van der Waals surface area contributed by atoms with Crippen LogP contribution in [0, 0.1) is 0 Å². The number of hydrogen-bond acceptors (Lipinski definition) is 4. The number of benzene rings is 3. The summed E-state index contributed by atoms with van der Waals surface area (Å²) in [5.74, 6) is 0.502. The molecule has 1 aliphatic rings. The SMILES string of the molecule is COc1cccc(C(C)NC(=O)C2CN(C(=O)Nc3cccc(C(F)(F)F)c3)c3ccccc3O2)c1. The number of para-hydroxylation sites is 2. The molecule has 36 heavy (non-hydrogen) atoms. The minimum absolute atomic E-state index is 0.0218. The van der Waals surface area contributed by atoms with Crippen molar-refractivity contribution in [2.45, 2.75) is 25.2 Å². The number of fused-ring (bicyclic) bond motifs is 1. The molecule has 1 aliphatic heterocycles. The predicted molar refractivity (Wildman–Crippen MR) is 128 cm³/mol. The standard InChI is InChI=1S/C26H24F3N3O4/c1-16(17-7-5-10-20(13-17)35-2)30-24(33)23-15-32(21-11-3-4-12-22(21)36-23)25(34)31-19-9-6-8-18(14-19)26(27,28)29/h3-14,16,23H,15H2,1-2H3,(H,30,33)(H,31,34). The van der Waals surface area contributed by atoms with Gasteiger partial charge in [0.25, 0.3) is 5.91 Å². The number of methoxy groups -OCH3 is 1. The Bertz CT molecular complexity index is 1260. The molecule has 0 aromatic heterocycles. The molecule has 0 aliphatic carbocycles. The van der Waals surface area contributed by atoms with E-state index in [0.29, 0.717) is 17.2 Å². The van der Waals surface area contributed by atoms with Gasteiger partial charge in [0.05, 0.1) is 30.9 Å². The highest BCUT2D eigenvalue weighted by Crippen LogP contribution is 2.35. The molecule has 2 atom stereocenters. The van der Waals surface area contributed by atoms with E-state index in [0.717, 1.165) is 17.7 Å². The lowest BCUT2D eigenvalue weighted by molar-refractivity contribution is -0.137. The first-order valence-corrected chi connectivity index (χ1v) is 11.1. The van der Waals surface area contributed by atoms with Crippen molar-refractivity contribution in [1.82, 2.24) is 5.32 Å². The van der Waals surface area contributed by atoms with Crippen LogP contribution >= 0.6 is 0 Å². The number of hydrogen-bond donors (Lipinski definition) is 2. The summed E-state index contributed by atoms with van der Waals surface area (Å²) in [6.45, 7) is 1.67. The van der Waals surface area contributed by atoms with E-state index in [9.17, 15) is 22.8 Å². The minimum atomic E-state index is -4.55. The van der Waals surface area contributed by atoms with E-state index in [1.165, 1.54) is 17.0 Å². The topological polar surface area (TPSA) is 79.9 Å². The molecular formula is C26H24F3N3O4. The van der Waals surface area contributed by atoms with Gasteiger partial charge >= 0.3 is 12.2 Å². The lowest BCUT2D eigenvalue weighted by Gasteiger charge is -2.34. The van der Waals surface area contributed by atoms with Crippen molar-refractivity contribution in [2.24, 2.45) is 0 Å². The fourth-order valence-corrected chi connectivity index (χ4v) is 3.83. The van der Waals surface area contributed by atoms with Crippen LogP contribution in [0.3, 0.4) is 0 Å². The summed E-state index contributed by atoms with van der Waals surface area (Å²) in [5.41, 5.74) is 0.308. The number of urea groups is 1. The molecule has 0 saturated carbocycles. The number of nitrogens with one attached hydrogen (secondary N) is 2. The number of ether oxygens (including phenoxy) is 2. The molecule has 0 radical (unpaired) electrons. The van der Waals surface area contributed by atoms with Crippen molar-refractivity contribution in [3.8, 4) is 11.5 Å². The maximum Gasteiger partial charge on any atom is 0.416 e. The van der Waals surface area contributed by atoms with Gasteiger partial charge in [0.1, 0.15) is 11.5 Å². The second kappa shape index (κ2) is 10.2. The van der Waals surface area contributed by atoms with Crippen molar-refractivity contribution in [2.75, 3.05) is 23.9 Å². The highest BCUT2D eigenvalue weighted by molar-refractivity contribution is 6.04. The van der Waals surface area contributed by atoms with E-state index in [1.54, 1.807) is 43.5 Å². The van der Waals surface area contributed by atoms with Crippen molar-refractivity contribution in [3.05, 3.63) is 83.9 Å². The quantitative estimate of drug-likeness (QED) is 0.493. The van der Waals surface area contributed by atoms with E-state index < -0.39 is 29.8 Å². The molecule has 3 aromatic rings. The fourth-order valence-electron chi connectivity index (χ4n) is 3.83. The normalized spacial score (nSPS) is 15.8. The van der Waals surface area contributed by atoms with Gasteiger partial charge in [0.15, 0.2) is 6.10 Å². The molecule has 0 fully saturated rings. The summed E-state index contributed by atoms with van der Waals surface area (Å²) in [6.07, 6.45) is -5.59. The summed E-state index contributed by atoms with van der Waals surface area (Å²) in [6, 6.07) is 17.2. The van der Waals surface area contributed by atoms with E-state index in [2.05, 4.69) is 10.6 Å². The largest absolute Gasteiger partial charge is 0.497 e. The molecule has 0 bridgehead atoms. The first-order valence-electron chi connectivity index (χ1n) is 11.1. The van der Waals surface area contributed by atoms with Crippen LogP contribution in [0.1, 0.15) is 24.1 Å². The summed E-state index contributed by atoms with van der Waals surface area (Å²) in [7, 11) is 1.55. The molecule has 10 heteroatoms. The Morgan fingerprint density at radius 2 is 1.81 bits per heavy atom. The molecular weight excluding hydrogens is 475 g/mol. The van der Waals surface area contributed by atoms with Crippen LogP contribution in [0.25, 0.3) is 0 Å². The number of rotatable bonds is 5. The Morgan fingerprint density at radius 3 is 2.56 bits per heavy atom. The number of halogens is 3. The van der Waals surface area contributed by atoms with Crippen LogP contribution in [0.15, 0.2) is 72.8 Å². The molecule has 2 unspecified atom stereocenters. The molecule has 188 valence electrons. The maximum absolute atomic E-state index is 13.1. The molecule has 0 saturated heterocycles. The van der Waals surface area contributed by atoms with E-state index in [4.69, 9.17) is 9.47 Å². The number of alkyl halides is 3. The third-order valence-electron chi connectivity index (χ3n) is 5.70. The minimum Gasteiger partial charge on any atom is -0.497 e. The molecule has 7 nitrogen and oxygen atoms in total. The lowest BCUT2D eigenvalue weighted by atomic mass is 10.1. The van der Waals surface area contributed by atoms with Crippen LogP contribution in [0.5, 0.6) is 11.5 Å². The van der Waals surface area contributed by atoms with E-state index in [1.807, 2.05) is 19.1 Å². The number of carbonyl (C=O) groups excluding carboxylic acids is 2.